The van der Waals surface area contributed by atoms with E-state index in [0.717, 1.165) is 61.8 Å². The van der Waals surface area contributed by atoms with E-state index in [1.165, 1.54) is 0 Å². The molecule has 5 rings (SSSR count). The molecule has 0 bridgehead atoms. The number of carbonyl (C=O) groups is 1. The number of carbonyl (C=O) groups excluding carboxylic acids is 1. The molecule has 2 aromatic heterocycles. The number of nitrogens with zero attached hydrogens (tertiary/aromatic N) is 5. The number of aryl methyl sites for hydroxylation is 1. The van der Waals surface area contributed by atoms with Crippen molar-refractivity contribution < 1.29 is 4.79 Å². The first-order chi connectivity index (χ1) is 16.5. The van der Waals surface area contributed by atoms with E-state index in [9.17, 15) is 4.79 Å². The van der Waals surface area contributed by atoms with Crippen LogP contribution in [-0.2, 0) is 11.2 Å². The average Bonchev–Trinajstić information content (AvgIpc) is 3.54. The summed E-state index contributed by atoms with van der Waals surface area (Å²) in [6, 6.07) is 12.1. The standard InChI is InChI=1S/C24H31N9O/c1-16-13-21(31-30-16)27-20-15-22(33-11-9-32(2)10-12-33)29-24(28-20)26-19-5-3-17(4-6-19)14-23(34)25-18-7-8-18/h3-6,13,15,18H,7-12,14H2,1-2H3,(H,25,34)(H3,26,27,28,29,30,31). The number of hydrogen-bond donors (Lipinski definition) is 4. The van der Waals surface area contributed by atoms with Gasteiger partial charge in [0.15, 0.2) is 5.82 Å². The quantitative estimate of drug-likeness (QED) is 0.405. The van der Waals surface area contributed by atoms with Gasteiger partial charge in [0.2, 0.25) is 11.9 Å². The van der Waals surface area contributed by atoms with Gasteiger partial charge in [0.1, 0.15) is 11.6 Å². The van der Waals surface area contributed by atoms with Crippen molar-refractivity contribution in [2.24, 2.45) is 0 Å². The van der Waals surface area contributed by atoms with Gasteiger partial charge in [0, 0.05) is 55.7 Å². The van der Waals surface area contributed by atoms with Crippen LogP contribution in [0.2, 0.25) is 0 Å². The first-order valence-electron chi connectivity index (χ1n) is 11.8. The van der Waals surface area contributed by atoms with Gasteiger partial charge >= 0.3 is 0 Å². The van der Waals surface area contributed by atoms with Crippen molar-refractivity contribution in [3.05, 3.63) is 47.7 Å². The number of benzene rings is 1. The van der Waals surface area contributed by atoms with Gasteiger partial charge in [0.25, 0.3) is 0 Å². The number of aromatic amines is 1. The van der Waals surface area contributed by atoms with Crippen LogP contribution < -0.4 is 20.9 Å². The van der Waals surface area contributed by atoms with Gasteiger partial charge in [-0.25, -0.2) is 0 Å². The second-order valence-electron chi connectivity index (χ2n) is 9.13. The molecule has 1 saturated heterocycles. The van der Waals surface area contributed by atoms with Crippen LogP contribution in [0.3, 0.4) is 0 Å². The molecule has 1 aliphatic heterocycles. The monoisotopic (exact) mass is 461 g/mol. The van der Waals surface area contributed by atoms with Crippen molar-refractivity contribution in [2.75, 3.05) is 48.8 Å². The van der Waals surface area contributed by atoms with Gasteiger partial charge in [-0.2, -0.15) is 15.1 Å². The van der Waals surface area contributed by atoms with Crippen molar-refractivity contribution in [3.8, 4) is 0 Å². The van der Waals surface area contributed by atoms with Crippen LogP contribution in [0.5, 0.6) is 0 Å². The molecule has 34 heavy (non-hydrogen) atoms. The van der Waals surface area contributed by atoms with Crippen LogP contribution >= 0.6 is 0 Å². The maximum atomic E-state index is 12.1. The van der Waals surface area contributed by atoms with E-state index in [0.29, 0.717) is 30.0 Å². The predicted octanol–water partition coefficient (Wildman–Crippen LogP) is 2.57. The number of H-pyrrole nitrogens is 1. The molecule has 0 atom stereocenters. The van der Waals surface area contributed by atoms with Crippen LogP contribution in [-0.4, -0.2) is 70.2 Å². The molecule has 1 aliphatic carbocycles. The van der Waals surface area contributed by atoms with Gasteiger partial charge in [0.05, 0.1) is 6.42 Å². The highest BCUT2D eigenvalue weighted by Gasteiger charge is 2.23. The van der Waals surface area contributed by atoms with Gasteiger partial charge in [-0.05, 0) is 44.5 Å². The van der Waals surface area contributed by atoms with Crippen molar-refractivity contribution >= 4 is 35.0 Å². The lowest BCUT2D eigenvalue weighted by Crippen LogP contribution is -2.44. The predicted molar refractivity (Wildman–Crippen MR) is 133 cm³/mol. The lowest BCUT2D eigenvalue weighted by Gasteiger charge is -2.33. The Balaban J connectivity index is 1.32. The minimum Gasteiger partial charge on any atom is -0.354 e. The van der Waals surface area contributed by atoms with Crippen LogP contribution in [0.4, 0.5) is 29.1 Å². The van der Waals surface area contributed by atoms with Crippen molar-refractivity contribution in [1.82, 2.24) is 30.4 Å². The average molecular weight is 462 g/mol. The van der Waals surface area contributed by atoms with E-state index in [-0.39, 0.29) is 5.91 Å². The molecule has 0 spiro atoms. The van der Waals surface area contributed by atoms with E-state index in [2.05, 4.69) is 48.0 Å². The minimum absolute atomic E-state index is 0.0794. The molecule has 10 nitrogen and oxygen atoms in total. The fourth-order valence-corrected chi connectivity index (χ4v) is 3.89. The third-order valence-corrected chi connectivity index (χ3v) is 6.02. The number of piperazine rings is 1. The Hall–Kier alpha value is -3.66. The molecule has 0 unspecified atom stereocenters. The van der Waals surface area contributed by atoms with E-state index < -0.39 is 0 Å². The maximum Gasteiger partial charge on any atom is 0.231 e. The lowest BCUT2D eigenvalue weighted by molar-refractivity contribution is -0.120. The van der Waals surface area contributed by atoms with Crippen molar-refractivity contribution in [1.29, 1.82) is 0 Å². The first kappa shape index (κ1) is 22.1. The fourth-order valence-electron chi connectivity index (χ4n) is 3.89. The van der Waals surface area contributed by atoms with Gasteiger partial charge in [-0.3, -0.25) is 9.89 Å². The van der Waals surface area contributed by atoms with Crippen LogP contribution in [0.1, 0.15) is 24.1 Å². The Morgan fingerprint density at radius 2 is 1.79 bits per heavy atom. The Kier molecular flexibility index (Phi) is 6.31. The molecule has 4 N–H and O–H groups in total. The maximum absolute atomic E-state index is 12.1. The summed E-state index contributed by atoms with van der Waals surface area (Å²) in [5.74, 6) is 2.83. The number of aromatic nitrogens is 4. The van der Waals surface area contributed by atoms with E-state index in [4.69, 9.17) is 4.98 Å². The zero-order valence-corrected chi connectivity index (χ0v) is 19.6. The highest BCUT2D eigenvalue weighted by Crippen LogP contribution is 2.24. The molecule has 1 amide bonds. The molecule has 2 aliphatic rings. The Morgan fingerprint density at radius 3 is 2.47 bits per heavy atom. The van der Waals surface area contributed by atoms with Crippen LogP contribution in [0.25, 0.3) is 0 Å². The van der Waals surface area contributed by atoms with Crippen LogP contribution in [0.15, 0.2) is 36.4 Å². The third-order valence-electron chi connectivity index (χ3n) is 6.02. The normalized spacial score (nSPS) is 16.4. The third kappa shape index (κ3) is 5.82. The highest BCUT2D eigenvalue weighted by molar-refractivity contribution is 5.79. The molecular formula is C24H31N9O. The van der Waals surface area contributed by atoms with Gasteiger partial charge < -0.3 is 25.8 Å². The summed E-state index contributed by atoms with van der Waals surface area (Å²) in [6.07, 6.45) is 2.58. The zero-order chi connectivity index (χ0) is 23.5. The SMILES string of the molecule is Cc1cc(Nc2cc(N3CCN(C)CC3)nc(Nc3ccc(CC(=O)NC4CC4)cc3)n2)n[nH]1. The molecule has 2 fully saturated rings. The fraction of sp³-hybridized carbons (Fsp3) is 0.417. The molecule has 178 valence electrons. The minimum atomic E-state index is 0.0794. The summed E-state index contributed by atoms with van der Waals surface area (Å²) in [7, 11) is 2.14. The number of anilines is 5. The largest absolute Gasteiger partial charge is 0.354 e. The molecule has 0 radical (unpaired) electrons. The Labute approximate surface area is 199 Å². The van der Waals surface area contributed by atoms with E-state index >= 15 is 0 Å². The van der Waals surface area contributed by atoms with E-state index in [1.54, 1.807) is 0 Å². The number of hydrogen-bond acceptors (Lipinski definition) is 8. The van der Waals surface area contributed by atoms with Gasteiger partial charge in [-0.15, -0.1) is 0 Å². The molecule has 10 heteroatoms. The topological polar surface area (TPSA) is 114 Å². The van der Waals surface area contributed by atoms with Crippen molar-refractivity contribution in [2.45, 2.75) is 32.2 Å². The Morgan fingerprint density at radius 1 is 1.03 bits per heavy atom. The number of rotatable bonds is 8. The van der Waals surface area contributed by atoms with Crippen LogP contribution in [0, 0.1) is 6.92 Å². The summed E-state index contributed by atoms with van der Waals surface area (Å²) in [6.45, 7) is 5.75. The summed E-state index contributed by atoms with van der Waals surface area (Å²) < 4.78 is 0. The molecule has 1 saturated carbocycles. The van der Waals surface area contributed by atoms with Gasteiger partial charge in [-0.1, -0.05) is 12.1 Å². The summed E-state index contributed by atoms with van der Waals surface area (Å²) in [5, 5.41) is 16.8. The molecule has 3 aromatic rings. The smallest absolute Gasteiger partial charge is 0.231 e. The first-order valence-corrected chi connectivity index (χ1v) is 11.8. The second kappa shape index (κ2) is 9.68. The zero-order valence-electron chi connectivity index (χ0n) is 19.6. The number of likely N-dealkylation sites (N-methyl/N-ethyl adjacent to an activating group) is 1. The summed E-state index contributed by atoms with van der Waals surface area (Å²) in [5.41, 5.74) is 2.82. The summed E-state index contributed by atoms with van der Waals surface area (Å²) in [4.78, 5) is 26.1. The van der Waals surface area contributed by atoms with Crippen molar-refractivity contribution in [3.63, 3.8) is 0 Å². The molecule has 3 heterocycles. The second-order valence-corrected chi connectivity index (χ2v) is 9.13. The molecule has 1 aromatic carbocycles. The lowest BCUT2D eigenvalue weighted by atomic mass is 10.1. The van der Waals surface area contributed by atoms with E-state index in [1.807, 2.05) is 43.3 Å². The highest BCUT2D eigenvalue weighted by atomic mass is 16.1. The Bertz CT molecular complexity index is 1130. The number of amides is 1. The summed E-state index contributed by atoms with van der Waals surface area (Å²) >= 11 is 0. The number of nitrogens with one attached hydrogen (secondary N) is 4. The molecular weight excluding hydrogens is 430 g/mol.